The zero-order valence-corrected chi connectivity index (χ0v) is 16.0. The predicted molar refractivity (Wildman–Crippen MR) is 98.1 cm³/mol. The van der Waals surface area contributed by atoms with E-state index in [9.17, 15) is 18.0 Å². The monoisotopic (exact) mass is 424 g/mol. The minimum absolute atomic E-state index is 0.226. The first kappa shape index (κ1) is 19.4. The van der Waals surface area contributed by atoms with Crippen LogP contribution >= 0.6 is 11.6 Å². The van der Waals surface area contributed by atoms with Gasteiger partial charge in [0.1, 0.15) is 10.8 Å². The van der Waals surface area contributed by atoms with Crippen molar-refractivity contribution in [2.24, 2.45) is 7.05 Å². The molecule has 152 valence electrons. The second kappa shape index (κ2) is 7.18. The molecule has 0 spiro atoms. The summed E-state index contributed by atoms with van der Waals surface area (Å²) in [4.78, 5) is 16.0. The molecule has 1 amide bonds. The zero-order chi connectivity index (χ0) is 20.8. The minimum Gasteiger partial charge on any atom is -0.344 e. The minimum atomic E-state index is -4.53. The smallest absolute Gasteiger partial charge is 0.344 e. The standard InChI is InChI=1S/C18H16ClF3N6O/c1-27-16(19)11(9-24-27)17(29)25-12-3-2-6-28-14(12)8-13(26-28)10-4-5-23-15(7-10)18(20,21)22/h4-5,7-9,12H,2-3,6H2,1H3,(H,25,29). The Hall–Kier alpha value is -2.88. The molecular formula is C18H16ClF3N6O. The number of aryl methyl sites for hydroxylation is 2. The number of carbonyl (C=O) groups excluding carboxylic acids is 1. The molecule has 1 aliphatic heterocycles. The molecule has 1 N–H and O–H groups in total. The number of hydrogen-bond donors (Lipinski definition) is 1. The van der Waals surface area contributed by atoms with Crippen LogP contribution in [0.2, 0.25) is 5.15 Å². The molecular weight excluding hydrogens is 409 g/mol. The topological polar surface area (TPSA) is 77.6 Å². The van der Waals surface area contributed by atoms with Crippen molar-refractivity contribution >= 4 is 17.5 Å². The van der Waals surface area contributed by atoms with E-state index in [4.69, 9.17) is 11.6 Å². The maximum absolute atomic E-state index is 13.0. The Morgan fingerprint density at radius 1 is 1.34 bits per heavy atom. The summed E-state index contributed by atoms with van der Waals surface area (Å²) in [6.45, 7) is 0.618. The van der Waals surface area contributed by atoms with E-state index in [0.717, 1.165) is 24.4 Å². The molecule has 7 nitrogen and oxygen atoms in total. The molecule has 1 aliphatic rings. The SMILES string of the molecule is Cn1ncc(C(=O)NC2CCCn3nc(-c4ccnc(C(F)(F)F)c4)cc32)c1Cl. The summed E-state index contributed by atoms with van der Waals surface area (Å²) in [5.41, 5.74) is 0.722. The number of alkyl halides is 3. The Bertz CT molecular complexity index is 1070. The summed E-state index contributed by atoms with van der Waals surface area (Å²) in [6.07, 6.45) is -0.587. The van der Waals surface area contributed by atoms with E-state index < -0.39 is 11.9 Å². The van der Waals surface area contributed by atoms with Crippen molar-refractivity contribution in [1.82, 2.24) is 29.9 Å². The first-order chi connectivity index (χ1) is 13.7. The van der Waals surface area contributed by atoms with Crippen LogP contribution < -0.4 is 5.32 Å². The maximum Gasteiger partial charge on any atom is 0.433 e. The third-order valence-corrected chi connectivity index (χ3v) is 5.24. The fraction of sp³-hybridized carbons (Fsp3) is 0.333. The summed E-state index contributed by atoms with van der Waals surface area (Å²) in [5.74, 6) is -0.368. The molecule has 0 saturated carbocycles. The fourth-order valence-corrected chi connectivity index (χ4v) is 3.51. The number of nitrogens with one attached hydrogen (secondary N) is 1. The Morgan fingerprint density at radius 2 is 2.14 bits per heavy atom. The van der Waals surface area contributed by atoms with Gasteiger partial charge in [0.05, 0.1) is 29.2 Å². The molecule has 11 heteroatoms. The Balaban J connectivity index is 1.62. The number of hydrogen-bond acceptors (Lipinski definition) is 4. The number of fused-ring (bicyclic) bond motifs is 1. The average molecular weight is 425 g/mol. The van der Waals surface area contributed by atoms with Crippen LogP contribution in [0.1, 0.15) is 40.6 Å². The molecule has 0 saturated heterocycles. The van der Waals surface area contributed by atoms with Crippen LogP contribution in [0.15, 0.2) is 30.6 Å². The van der Waals surface area contributed by atoms with Gasteiger partial charge in [-0.15, -0.1) is 0 Å². The third kappa shape index (κ3) is 3.71. The van der Waals surface area contributed by atoms with E-state index in [2.05, 4.69) is 20.5 Å². The third-order valence-electron chi connectivity index (χ3n) is 4.79. The number of pyridine rings is 1. The highest BCUT2D eigenvalue weighted by molar-refractivity contribution is 6.32. The first-order valence-corrected chi connectivity index (χ1v) is 9.21. The predicted octanol–water partition coefficient (Wildman–Crippen LogP) is 3.62. The number of nitrogens with zero attached hydrogens (tertiary/aromatic N) is 5. The number of halogens is 4. The van der Waals surface area contributed by atoms with Crippen molar-refractivity contribution in [2.75, 3.05) is 0 Å². The van der Waals surface area contributed by atoms with Crippen molar-refractivity contribution in [3.05, 3.63) is 52.7 Å². The van der Waals surface area contributed by atoms with Crippen LogP contribution in [0.4, 0.5) is 13.2 Å². The lowest BCUT2D eigenvalue weighted by Crippen LogP contribution is -2.32. The Morgan fingerprint density at radius 3 is 2.83 bits per heavy atom. The molecule has 4 rings (SSSR count). The molecule has 0 radical (unpaired) electrons. The van der Waals surface area contributed by atoms with Gasteiger partial charge in [0.15, 0.2) is 0 Å². The first-order valence-electron chi connectivity index (χ1n) is 8.84. The molecule has 0 bridgehead atoms. The van der Waals surface area contributed by atoms with Gasteiger partial charge in [-0.1, -0.05) is 11.6 Å². The summed E-state index contributed by atoms with van der Waals surface area (Å²) >= 11 is 6.08. The van der Waals surface area contributed by atoms with Gasteiger partial charge in [0.2, 0.25) is 0 Å². The average Bonchev–Trinajstić information content (AvgIpc) is 3.26. The van der Waals surface area contributed by atoms with Crippen LogP contribution in [0.5, 0.6) is 0 Å². The summed E-state index contributed by atoms with van der Waals surface area (Å²) < 4.78 is 42.0. The molecule has 0 aromatic carbocycles. The van der Waals surface area contributed by atoms with Crippen molar-refractivity contribution in [1.29, 1.82) is 0 Å². The summed E-state index contributed by atoms with van der Waals surface area (Å²) in [5, 5.41) is 11.5. The van der Waals surface area contributed by atoms with E-state index in [-0.39, 0.29) is 22.7 Å². The molecule has 29 heavy (non-hydrogen) atoms. The number of carbonyl (C=O) groups is 1. The highest BCUT2D eigenvalue weighted by Gasteiger charge is 2.33. The molecule has 1 atom stereocenters. The Labute approximate surface area is 168 Å². The van der Waals surface area contributed by atoms with Crippen molar-refractivity contribution < 1.29 is 18.0 Å². The van der Waals surface area contributed by atoms with E-state index in [1.165, 1.54) is 16.9 Å². The maximum atomic E-state index is 13.0. The summed E-state index contributed by atoms with van der Waals surface area (Å²) in [6, 6.07) is 3.81. The molecule has 3 aromatic rings. The quantitative estimate of drug-likeness (QED) is 0.696. The number of rotatable bonds is 3. The Kier molecular flexibility index (Phi) is 4.81. The lowest BCUT2D eigenvalue weighted by molar-refractivity contribution is -0.141. The second-order valence-electron chi connectivity index (χ2n) is 6.75. The second-order valence-corrected chi connectivity index (χ2v) is 7.10. The van der Waals surface area contributed by atoms with Crippen molar-refractivity contribution in [3.63, 3.8) is 0 Å². The normalized spacial score (nSPS) is 16.5. The van der Waals surface area contributed by atoms with Crippen LogP contribution in [0.25, 0.3) is 11.3 Å². The largest absolute Gasteiger partial charge is 0.433 e. The van der Waals surface area contributed by atoms with Gasteiger partial charge >= 0.3 is 6.18 Å². The zero-order valence-electron chi connectivity index (χ0n) is 15.2. The van der Waals surface area contributed by atoms with Gasteiger partial charge in [-0.2, -0.15) is 23.4 Å². The van der Waals surface area contributed by atoms with E-state index >= 15 is 0 Å². The molecule has 4 heterocycles. The van der Waals surface area contributed by atoms with Crippen molar-refractivity contribution in [2.45, 2.75) is 31.6 Å². The van der Waals surface area contributed by atoms with E-state index in [0.29, 0.717) is 24.2 Å². The van der Waals surface area contributed by atoms with E-state index in [1.54, 1.807) is 17.8 Å². The number of amides is 1. The molecule has 0 aliphatic carbocycles. The van der Waals surface area contributed by atoms with Gasteiger partial charge in [0.25, 0.3) is 5.91 Å². The van der Waals surface area contributed by atoms with Crippen LogP contribution in [0, 0.1) is 0 Å². The molecule has 1 unspecified atom stereocenters. The van der Waals surface area contributed by atoms with Gasteiger partial charge in [-0.3, -0.25) is 19.1 Å². The van der Waals surface area contributed by atoms with Gasteiger partial charge in [-0.25, -0.2) is 0 Å². The van der Waals surface area contributed by atoms with Crippen molar-refractivity contribution in [3.8, 4) is 11.3 Å². The number of aromatic nitrogens is 5. The lowest BCUT2D eigenvalue weighted by atomic mass is 10.0. The van der Waals surface area contributed by atoms with Gasteiger partial charge in [-0.05, 0) is 31.0 Å². The van der Waals surface area contributed by atoms with Crippen LogP contribution in [-0.4, -0.2) is 30.5 Å². The molecule has 3 aromatic heterocycles. The van der Waals surface area contributed by atoms with Gasteiger partial charge < -0.3 is 5.32 Å². The molecule has 0 fully saturated rings. The highest BCUT2D eigenvalue weighted by Crippen LogP contribution is 2.33. The lowest BCUT2D eigenvalue weighted by Gasteiger charge is -2.24. The highest BCUT2D eigenvalue weighted by atomic mass is 35.5. The van der Waals surface area contributed by atoms with Crippen LogP contribution in [0.3, 0.4) is 0 Å². The summed E-state index contributed by atoms with van der Waals surface area (Å²) in [7, 11) is 1.63. The van der Waals surface area contributed by atoms with Gasteiger partial charge in [0, 0.05) is 25.4 Å². The fourth-order valence-electron chi connectivity index (χ4n) is 3.33. The van der Waals surface area contributed by atoms with E-state index in [1.807, 2.05) is 0 Å². The van der Waals surface area contributed by atoms with Crippen LogP contribution in [-0.2, 0) is 19.8 Å².